The highest BCUT2D eigenvalue weighted by atomic mass is 16.5. The van der Waals surface area contributed by atoms with Gasteiger partial charge in [-0.3, -0.25) is 14.6 Å². The second kappa shape index (κ2) is 17.3. The molecule has 3 N–H and O–H groups in total. The number of carboxylic acids is 1. The molecular formula is C30H37NO8. The van der Waals surface area contributed by atoms with Crippen LogP contribution >= 0.6 is 0 Å². The molecule has 3 rings (SSSR count). The summed E-state index contributed by atoms with van der Waals surface area (Å²) in [5.74, 6) is 0.120. The van der Waals surface area contributed by atoms with Crippen molar-refractivity contribution in [3.8, 4) is 23.0 Å². The average molecular weight is 540 g/mol. The van der Waals surface area contributed by atoms with Gasteiger partial charge in [-0.05, 0) is 85.5 Å². The number of methoxy groups -OCH3 is 2. The third-order valence-corrected chi connectivity index (χ3v) is 5.79. The Bertz CT molecular complexity index is 1170. The van der Waals surface area contributed by atoms with Crippen LogP contribution in [-0.2, 0) is 33.6 Å². The molecule has 0 aliphatic carbocycles. The zero-order valence-electron chi connectivity index (χ0n) is 22.5. The molecule has 0 unspecified atom stereocenters. The van der Waals surface area contributed by atoms with E-state index in [0.717, 1.165) is 36.0 Å². The molecule has 1 aromatic heterocycles. The second-order valence-corrected chi connectivity index (χ2v) is 8.80. The molecule has 1 heterocycles. The highest BCUT2D eigenvalue weighted by molar-refractivity contribution is 5.69. The fourth-order valence-electron chi connectivity index (χ4n) is 3.72. The number of aromatic nitrogens is 1. The van der Waals surface area contributed by atoms with Crippen molar-refractivity contribution in [2.24, 2.45) is 0 Å². The standard InChI is InChI=1S/C19H23NO4.C11H14O4/c1-23-18-13-15(9-10-17(18)21)5-2-8-19(22)24-12-4-7-16-6-3-11-20-14-16;1-15-10-7-8(5-6-9(10)12)3-2-4-11(13)14/h3,6,9-11,13-14,21H,2,4-5,7-8,12H2,1H3;5-7,12H,2-4H2,1H3,(H,13,14). The SMILES string of the molecule is COc1cc(CCCC(=O)O)ccc1O.COc1cc(CCCC(=O)OCCCc2cccnc2)ccc1O. The number of carbonyl (C=O) groups excluding carboxylic acids is 1. The number of hydrogen-bond acceptors (Lipinski definition) is 8. The third-order valence-electron chi connectivity index (χ3n) is 5.79. The Morgan fingerprint density at radius 1 is 0.769 bits per heavy atom. The highest BCUT2D eigenvalue weighted by Crippen LogP contribution is 2.27. The van der Waals surface area contributed by atoms with Crippen LogP contribution in [0.5, 0.6) is 23.0 Å². The maximum Gasteiger partial charge on any atom is 0.305 e. The summed E-state index contributed by atoms with van der Waals surface area (Å²) in [5.41, 5.74) is 3.13. The number of pyridine rings is 1. The lowest BCUT2D eigenvalue weighted by Crippen LogP contribution is -2.07. The predicted molar refractivity (Wildman–Crippen MR) is 146 cm³/mol. The molecule has 9 heteroatoms. The molecule has 0 aliphatic heterocycles. The van der Waals surface area contributed by atoms with Crippen LogP contribution in [0.3, 0.4) is 0 Å². The first-order valence-electron chi connectivity index (χ1n) is 12.8. The van der Waals surface area contributed by atoms with E-state index in [9.17, 15) is 19.8 Å². The number of phenolic OH excluding ortho intramolecular Hbond substituents is 2. The van der Waals surface area contributed by atoms with E-state index in [-0.39, 0.29) is 23.9 Å². The first-order chi connectivity index (χ1) is 18.8. The number of phenols is 2. The summed E-state index contributed by atoms with van der Waals surface area (Å²) in [6.07, 6.45) is 8.46. The van der Waals surface area contributed by atoms with Gasteiger partial charge in [-0.25, -0.2) is 0 Å². The van der Waals surface area contributed by atoms with Crippen molar-refractivity contribution in [1.29, 1.82) is 0 Å². The number of rotatable bonds is 14. The summed E-state index contributed by atoms with van der Waals surface area (Å²) >= 11 is 0. The molecule has 0 bridgehead atoms. The van der Waals surface area contributed by atoms with Gasteiger partial charge in [-0.1, -0.05) is 18.2 Å². The Labute approximate surface area is 229 Å². The summed E-state index contributed by atoms with van der Waals surface area (Å²) in [5, 5.41) is 27.3. The topological polar surface area (TPSA) is 135 Å². The minimum Gasteiger partial charge on any atom is -0.504 e. The average Bonchev–Trinajstić information content (AvgIpc) is 2.93. The van der Waals surface area contributed by atoms with Crippen LogP contribution in [0.15, 0.2) is 60.9 Å². The van der Waals surface area contributed by atoms with Gasteiger partial charge < -0.3 is 29.5 Å². The fraction of sp³-hybridized carbons (Fsp3) is 0.367. The van der Waals surface area contributed by atoms with Crippen molar-refractivity contribution in [2.75, 3.05) is 20.8 Å². The van der Waals surface area contributed by atoms with E-state index >= 15 is 0 Å². The Kier molecular flexibility index (Phi) is 13.7. The molecule has 0 saturated heterocycles. The van der Waals surface area contributed by atoms with Gasteiger partial charge >= 0.3 is 11.9 Å². The number of aromatic hydroxyl groups is 2. The van der Waals surface area contributed by atoms with Gasteiger partial charge in [0.15, 0.2) is 23.0 Å². The minimum atomic E-state index is -0.791. The number of aliphatic carboxylic acids is 1. The second-order valence-electron chi connectivity index (χ2n) is 8.80. The van der Waals surface area contributed by atoms with Crippen LogP contribution in [-0.4, -0.2) is 53.1 Å². The zero-order chi connectivity index (χ0) is 28.5. The van der Waals surface area contributed by atoms with E-state index in [2.05, 4.69) is 4.98 Å². The van der Waals surface area contributed by atoms with Crippen LogP contribution in [0.25, 0.3) is 0 Å². The van der Waals surface area contributed by atoms with Crippen molar-refractivity contribution in [2.45, 2.75) is 51.4 Å². The lowest BCUT2D eigenvalue weighted by molar-refractivity contribution is -0.143. The third kappa shape index (κ3) is 12.2. The Hall–Kier alpha value is -4.27. The number of aryl methyl sites for hydroxylation is 3. The van der Waals surface area contributed by atoms with Gasteiger partial charge in [0.25, 0.3) is 0 Å². The van der Waals surface area contributed by atoms with Crippen molar-refractivity contribution in [1.82, 2.24) is 4.98 Å². The molecule has 39 heavy (non-hydrogen) atoms. The van der Waals surface area contributed by atoms with Gasteiger partial charge in [0.05, 0.1) is 20.8 Å². The Morgan fingerprint density at radius 2 is 1.33 bits per heavy atom. The molecular weight excluding hydrogens is 502 g/mol. The van der Waals surface area contributed by atoms with Crippen molar-refractivity contribution < 1.29 is 39.1 Å². The zero-order valence-corrected chi connectivity index (χ0v) is 22.5. The quantitative estimate of drug-likeness (QED) is 0.189. The first kappa shape index (κ1) is 31.0. The molecule has 9 nitrogen and oxygen atoms in total. The molecule has 0 aliphatic rings. The van der Waals surface area contributed by atoms with Crippen molar-refractivity contribution >= 4 is 11.9 Å². The van der Waals surface area contributed by atoms with Crippen molar-refractivity contribution in [3.63, 3.8) is 0 Å². The number of carboxylic acid groups (broad SMARTS) is 1. The van der Waals surface area contributed by atoms with E-state index in [1.807, 2.05) is 24.4 Å². The summed E-state index contributed by atoms with van der Waals surface area (Å²) in [6, 6.07) is 14.2. The normalized spacial score (nSPS) is 10.2. The number of carbonyl (C=O) groups is 2. The fourth-order valence-corrected chi connectivity index (χ4v) is 3.72. The van der Waals surface area contributed by atoms with E-state index in [0.29, 0.717) is 43.8 Å². The highest BCUT2D eigenvalue weighted by Gasteiger charge is 2.06. The maximum atomic E-state index is 11.7. The number of hydrogen-bond donors (Lipinski definition) is 3. The van der Waals surface area contributed by atoms with Gasteiger partial charge in [-0.2, -0.15) is 0 Å². The van der Waals surface area contributed by atoms with Crippen LogP contribution in [0.2, 0.25) is 0 Å². The van der Waals surface area contributed by atoms with Crippen LogP contribution in [0.1, 0.15) is 48.8 Å². The molecule has 0 saturated carbocycles. The summed E-state index contributed by atoms with van der Waals surface area (Å²) in [4.78, 5) is 26.1. The Balaban J connectivity index is 0.000000306. The smallest absolute Gasteiger partial charge is 0.305 e. The molecule has 0 amide bonds. The van der Waals surface area contributed by atoms with Crippen molar-refractivity contribution in [3.05, 3.63) is 77.6 Å². The first-order valence-corrected chi connectivity index (χ1v) is 12.8. The molecule has 0 fully saturated rings. The number of esters is 1. The molecule has 210 valence electrons. The Morgan fingerprint density at radius 3 is 1.85 bits per heavy atom. The minimum absolute atomic E-state index is 0.0967. The molecule has 3 aromatic rings. The van der Waals surface area contributed by atoms with E-state index in [1.54, 1.807) is 36.5 Å². The van der Waals surface area contributed by atoms with E-state index in [1.165, 1.54) is 14.2 Å². The van der Waals surface area contributed by atoms with Gasteiger partial charge in [0, 0.05) is 25.2 Å². The summed E-state index contributed by atoms with van der Waals surface area (Å²) < 4.78 is 15.3. The number of benzene rings is 2. The maximum absolute atomic E-state index is 11.7. The summed E-state index contributed by atoms with van der Waals surface area (Å²) in [7, 11) is 3.00. The van der Waals surface area contributed by atoms with E-state index in [4.69, 9.17) is 19.3 Å². The van der Waals surface area contributed by atoms with Gasteiger partial charge in [-0.15, -0.1) is 0 Å². The molecule has 2 aromatic carbocycles. The van der Waals surface area contributed by atoms with Crippen LogP contribution < -0.4 is 9.47 Å². The molecule has 0 atom stereocenters. The number of nitrogens with zero attached hydrogens (tertiary/aromatic N) is 1. The molecule has 0 radical (unpaired) electrons. The molecule has 0 spiro atoms. The lowest BCUT2D eigenvalue weighted by atomic mass is 10.1. The van der Waals surface area contributed by atoms with Gasteiger partial charge in [0.2, 0.25) is 0 Å². The van der Waals surface area contributed by atoms with E-state index < -0.39 is 5.97 Å². The van der Waals surface area contributed by atoms with Crippen LogP contribution in [0, 0.1) is 0 Å². The predicted octanol–water partition coefficient (Wildman–Crippen LogP) is 5.10. The van der Waals surface area contributed by atoms with Crippen LogP contribution in [0.4, 0.5) is 0 Å². The monoisotopic (exact) mass is 539 g/mol. The largest absolute Gasteiger partial charge is 0.504 e. The lowest BCUT2D eigenvalue weighted by Gasteiger charge is -2.07. The van der Waals surface area contributed by atoms with Gasteiger partial charge in [0.1, 0.15) is 0 Å². The number of ether oxygens (including phenoxy) is 3. The summed E-state index contributed by atoms with van der Waals surface area (Å²) in [6.45, 7) is 0.431.